The zero-order chi connectivity index (χ0) is 17.2. The number of piperidine rings is 1. The van der Waals surface area contributed by atoms with Gasteiger partial charge in [-0.1, -0.05) is 12.1 Å². The van der Waals surface area contributed by atoms with Crippen molar-refractivity contribution in [2.75, 3.05) is 32.4 Å². The normalized spacial score (nSPS) is 24.7. The van der Waals surface area contributed by atoms with Crippen molar-refractivity contribution in [3.63, 3.8) is 0 Å². The lowest BCUT2D eigenvalue weighted by atomic mass is 9.93. The highest BCUT2D eigenvalue weighted by Crippen LogP contribution is 2.33. The molecule has 3 heterocycles. The number of rotatable bonds is 6. The van der Waals surface area contributed by atoms with Gasteiger partial charge in [0.2, 0.25) is 15.9 Å². The summed E-state index contributed by atoms with van der Waals surface area (Å²) in [6, 6.07) is -0.285. The number of sulfonamides is 1. The monoisotopic (exact) mass is 356 g/mol. The number of nitrogens with zero attached hydrogens (tertiary/aromatic N) is 4. The van der Waals surface area contributed by atoms with Gasteiger partial charge in [-0.05, 0) is 57.7 Å². The molecule has 136 valence electrons. The first-order valence-corrected chi connectivity index (χ1v) is 10.8. The summed E-state index contributed by atoms with van der Waals surface area (Å²) >= 11 is 0. The minimum absolute atomic E-state index is 0.285. The molecule has 1 aromatic rings. The summed E-state index contributed by atoms with van der Waals surface area (Å²) in [7, 11) is -3.23. The van der Waals surface area contributed by atoms with Crippen LogP contribution in [0.5, 0.6) is 0 Å². The van der Waals surface area contributed by atoms with Gasteiger partial charge in [0.15, 0.2) is 5.82 Å². The molecule has 0 bridgehead atoms. The molecule has 0 unspecified atom stereocenters. The second-order valence-electron chi connectivity index (χ2n) is 7.07. The van der Waals surface area contributed by atoms with Crippen molar-refractivity contribution >= 4 is 10.0 Å². The van der Waals surface area contributed by atoms with Crippen molar-refractivity contribution in [1.82, 2.24) is 19.3 Å². The van der Waals surface area contributed by atoms with E-state index in [-0.39, 0.29) is 6.04 Å². The lowest BCUT2D eigenvalue weighted by Gasteiger charge is -2.31. The zero-order valence-electron chi connectivity index (χ0n) is 14.6. The van der Waals surface area contributed by atoms with E-state index in [0.29, 0.717) is 18.4 Å². The van der Waals surface area contributed by atoms with Crippen LogP contribution in [0.15, 0.2) is 4.52 Å². The van der Waals surface area contributed by atoms with E-state index < -0.39 is 10.0 Å². The molecule has 2 fully saturated rings. The molecule has 0 radical (unpaired) electrons. The van der Waals surface area contributed by atoms with Crippen molar-refractivity contribution in [3.8, 4) is 0 Å². The van der Waals surface area contributed by atoms with Gasteiger partial charge in [-0.25, -0.2) is 8.42 Å². The Hall–Kier alpha value is -0.990. The lowest BCUT2D eigenvalue weighted by molar-refractivity contribution is 0.182. The highest BCUT2D eigenvalue weighted by Gasteiger charge is 2.36. The number of likely N-dealkylation sites (tertiary alicyclic amines) is 1. The van der Waals surface area contributed by atoms with E-state index in [1.807, 2.05) is 0 Å². The summed E-state index contributed by atoms with van der Waals surface area (Å²) < 4.78 is 30.6. The number of aromatic nitrogens is 2. The summed E-state index contributed by atoms with van der Waals surface area (Å²) in [6.45, 7) is 6.23. The first-order chi connectivity index (χ1) is 11.5. The number of hydrogen-bond donors (Lipinski definition) is 0. The van der Waals surface area contributed by atoms with Crippen LogP contribution in [0.25, 0.3) is 0 Å². The Morgan fingerprint density at radius 1 is 1.21 bits per heavy atom. The topological polar surface area (TPSA) is 79.5 Å². The minimum atomic E-state index is -3.23. The van der Waals surface area contributed by atoms with Crippen LogP contribution >= 0.6 is 0 Å². The highest BCUT2D eigenvalue weighted by molar-refractivity contribution is 7.88. The summed E-state index contributed by atoms with van der Waals surface area (Å²) in [5, 5.41) is 4.11. The minimum Gasteiger partial charge on any atom is -0.338 e. The van der Waals surface area contributed by atoms with Crippen molar-refractivity contribution in [3.05, 3.63) is 11.7 Å². The maximum Gasteiger partial charge on any atom is 0.245 e. The van der Waals surface area contributed by atoms with Crippen LogP contribution in [-0.4, -0.2) is 60.2 Å². The van der Waals surface area contributed by atoms with Crippen molar-refractivity contribution in [1.29, 1.82) is 0 Å². The fourth-order valence-corrected chi connectivity index (χ4v) is 4.98. The number of hydrogen-bond acceptors (Lipinski definition) is 6. The van der Waals surface area contributed by atoms with E-state index in [2.05, 4.69) is 22.0 Å². The Morgan fingerprint density at radius 2 is 1.96 bits per heavy atom. The molecular weight excluding hydrogens is 328 g/mol. The summed E-state index contributed by atoms with van der Waals surface area (Å²) in [4.78, 5) is 7.02. The Morgan fingerprint density at radius 3 is 2.62 bits per heavy atom. The summed E-state index contributed by atoms with van der Waals surface area (Å²) in [5.74, 6) is 1.77. The van der Waals surface area contributed by atoms with Crippen LogP contribution in [-0.2, 0) is 16.4 Å². The van der Waals surface area contributed by atoms with Gasteiger partial charge in [0, 0.05) is 13.0 Å². The molecule has 7 nitrogen and oxygen atoms in total. The van der Waals surface area contributed by atoms with Crippen LogP contribution in [0.2, 0.25) is 0 Å². The predicted octanol–water partition coefficient (Wildman–Crippen LogP) is 1.83. The van der Waals surface area contributed by atoms with Crippen molar-refractivity contribution in [2.24, 2.45) is 5.92 Å². The van der Waals surface area contributed by atoms with Gasteiger partial charge in [-0.3, -0.25) is 0 Å². The molecule has 1 atom stereocenters. The first-order valence-electron chi connectivity index (χ1n) is 8.99. The molecule has 0 saturated carbocycles. The lowest BCUT2D eigenvalue weighted by Crippen LogP contribution is -2.34. The molecule has 0 aliphatic carbocycles. The van der Waals surface area contributed by atoms with E-state index in [4.69, 9.17) is 4.52 Å². The van der Waals surface area contributed by atoms with Gasteiger partial charge >= 0.3 is 0 Å². The van der Waals surface area contributed by atoms with E-state index >= 15 is 0 Å². The molecule has 0 amide bonds. The molecule has 2 saturated heterocycles. The predicted molar refractivity (Wildman–Crippen MR) is 91.0 cm³/mol. The second kappa shape index (κ2) is 7.49. The molecule has 0 aromatic carbocycles. The van der Waals surface area contributed by atoms with E-state index in [9.17, 15) is 8.42 Å². The Balaban J connectivity index is 1.58. The quantitative estimate of drug-likeness (QED) is 0.774. The third kappa shape index (κ3) is 4.15. The smallest absolute Gasteiger partial charge is 0.245 e. The average Bonchev–Trinajstić information content (AvgIpc) is 3.17. The second-order valence-corrected chi connectivity index (χ2v) is 9.00. The Labute approximate surface area is 144 Å². The first kappa shape index (κ1) is 17.8. The fourth-order valence-electron chi connectivity index (χ4n) is 3.86. The largest absolute Gasteiger partial charge is 0.338 e. The summed E-state index contributed by atoms with van der Waals surface area (Å²) in [5.41, 5.74) is 0. The van der Waals surface area contributed by atoms with Gasteiger partial charge in [0.25, 0.3) is 0 Å². The summed E-state index contributed by atoms with van der Waals surface area (Å²) in [6.07, 6.45) is 7.21. The molecule has 2 aliphatic heterocycles. The van der Waals surface area contributed by atoms with Gasteiger partial charge in [-0.15, -0.1) is 0 Å². The van der Waals surface area contributed by atoms with Crippen LogP contribution < -0.4 is 0 Å². The van der Waals surface area contributed by atoms with Gasteiger partial charge < -0.3 is 9.42 Å². The van der Waals surface area contributed by atoms with Crippen LogP contribution in [0, 0.1) is 5.92 Å². The molecule has 3 rings (SSSR count). The molecule has 2 aliphatic rings. The standard InChI is InChI=1S/C16H28N4O3S/c1-3-8-19-10-6-13(7-11-19)12-15-17-16(23-18-15)14-5-4-9-20(14)24(2,21)22/h13-14H,3-12H2,1-2H3/t14-/m0/s1. The highest BCUT2D eigenvalue weighted by atomic mass is 32.2. The zero-order valence-corrected chi connectivity index (χ0v) is 15.5. The molecular formula is C16H28N4O3S. The molecule has 8 heteroatoms. The van der Waals surface area contributed by atoms with E-state index in [1.165, 1.54) is 36.4 Å². The maximum atomic E-state index is 11.9. The van der Waals surface area contributed by atoms with Crippen molar-refractivity contribution in [2.45, 2.75) is 51.5 Å². The van der Waals surface area contributed by atoms with Gasteiger partial charge in [0.05, 0.1) is 6.26 Å². The third-order valence-electron chi connectivity index (χ3n) is 5.12. The fraction of sp³-hybridized carbons (Fsp3) is 0.875. The Bertz CT molecular complexity index is 638. The SMILES string of the molecule is CCCN1CCC(Cc2noc([C@@H]3CCCN3S(C)(=O)=O)n2)CC1. The molecule has 1 aromatic heterocycles. The van der Waals surface area contributed by atoms with Crippen LogP contribution in [0.4, 0.5) is 0 Å². The van der Waals surface area contributed by atoms with Gasteiger partial charge in [-0.2, -0.15) is 9.29 Å². The van der Waals surface area contributed by atoms with Gasteiger partial charge in [0.1, 0.15) is 6.04 Å². The molecule has 0 spiro atoms. The Kier molecular flexibility index (Phi) is 5.56. The van der Waals surface area contributed by atoms with Crippen LogP contribution in [0.1, 0.15) is 56.8 Å². The maximum absolute atomic E-state index is 11.9. The van der Waals surface area contributed by atoms with E-state index in [0.717, 1.165) is 38.2 Å². The molecule has 0 N–H and O–H groups in total. The van der Waals surface area contributed by atoms with Crippen molar-refractivity contribution < 1.29 is 12.9 Å². The van der Waals surface area contributed by atoms with E-state index in [1.54, 1.807) is 0 Å². The molecule has 24 heavy (non-hydrogen) atoms. The third-order valence-corrected chi connectivity index (χ3v) is 6.41. The van der Waals surface area contributed by atoms with Crippen LogP contribution in [0.3, 0.4) is 0 Å². The average molecular weight is 356 g/mol.